The molecule has 1 atom stereocenters. The van der Waals surface area contributed by atoms with Gasteiger partial charge < -0.3 is 9.47 Å². The molecule has 2 fully saturated rings. The highest BCUT2D eigenvalue weighted by molar-refractivity contribution is 5.27. The topological polar surface area (TPSA) is 30.5 Å². The van der Waals surface area contributed by atoms with Crippen molar-refractivity contribution >= 4 is 0 Å². The van der Waals surface area contributed by atoms with Crippen LogP contribution in [-0.4, -0.2) is 32.0 Å². The van der Waals surface area contributed by atoms with Crippen LogP contribution in [0.4, 0.5) is 13.2 Å². The molecule has 0 aromatic heterocycles. The van der Waals surface area contributed by atoms with Gasteiger partial charge in [-0.05, 0) is 17.7 Å². The van der Waals surface area contributed by atoms with Gasteiger partial charge in [-0.15, -0.1) is 0 Å². The van der Waals surface area contributed by atoms with Crippen LogP contribution >= 0.6 is 0 Å². The fourth-order valence-electron chi connectivity index (χ4n) is 2.42. The Balaban J connectivity index is 1.75. The molecule has 0 aliphatic carbocycles. The molecule has 1 aromatic rings. The van der Waals surface area contributed by atoms with Gasteiger partial charge in [-0.25, -0.2) is 0 Å². The summed E-state index contributed by atoms with van der Waals surface area (Å²) < 4.78 is 48.2. The Bertz CT molecular complexity index is 454. The lowest BCUT2D eigenvalue weighted by Gasteiger charge is -2.47. The van der Waals surface area contributed by atoms with E-state index in [-0.39, 0.29) is 11.6 Å². The molecular weight excluding hydrogens is 259 g/mol. The zero-order valence-corrected chi connectivity index (χ0v) is 10.2. The lowest BCUT2D eigenvalue weighted by Crippen LogP contribution is -2.67. The molecule has 2 heterocycles. The van der Waals surface area contributed by atoms with Crippen molar-refractivity contribution in [3.05, 3.63) is 35.4 Å². The third-order valence-electron chi connectivity index (χ3n) is 3.54. The van der Waals surface area contributed by atoms with Gasteiger partial charge in [0, 0.05) is 0 Å². The van der Waals surface area contributed by atoms with Crippen LogP contribution in [-0.2, 0) is 15.7 Å². The minimum atomic E-state index is -4.29. The van der Waals surface area contributed by atoms with Crippen LogP contribution < -0.4 is 5.32 Å². The average molecular weight is 273 g/mol. The predicted molar refractivity (Wildman–Crippen MR) is 61.7 cm³/mol. The average Bonchev–Trinajstić information content (AvgIpc) is 2.36. The van der Waals surface area contributed by atoms with Gasteiger partial charge in [0.05, 0.1) is 43.6 Å². The Morgan fingerprint density at radius 2 is 1.68 bits per heavy atom. The zero-order valence-electron chi connectivity index (χ0n) is 10.2. The lowest BCUT2D eigenvalue weighted by molar-refractivity contribution is -0.143. The Hall–Kier alpha value is -1.11. The monoisotopic (exact) mass is 273 g/mol. The van der Waals surface area contributed by atoms with Gasteiger partial charge in [-0.3, -0.25) is 5.32 Å². The van der Waals surface area contributed by atoms with Crippen LogP contribution in [0.3, 0.4) is 0 Å². The van der Waals surface area contributed by atoms with Crippen LogP contribution in [0.25, 0.3) is 0 Å². The molecule has 104 valence electrons. The number of hydrogen-bond acceptors (Lipinski definition) is 3. The van der Waals surface area contributed by atoms with Crippen LogP contribution in [0.5, 0.6) is 0 Å². The summed E-state index contributed by atoms with van der Waals surface area (Å²) in [7, 11) is 0. The maximum Gasteiger partial charge on any atom is 0.416 e. The van der Waals surface area contributed by atoms with E-state index in [9.17, 15) is 13.2 Å². The molecule has 3 nitrogen and oxygen atoms in total. The van der Waals surface area contributed by atoms with E-state index in [1.165, 1.54) is 12.1 Å². The second kappa shape index (κ2) is 4.47. The summed E-state index contributed by atoms with van der Waals surface area (Å²) in [4.78, 5) is 0. The van der Waals surface area contributed by atoms with Crippen LogP contribution in [0.15, 0.2) is 24.3 Å². The molecule has 0 unspecified atom stereocenters. The molecule has 0 amide bonds. The van der Waals surface area contributed by atoms with E-state index >= 15 is 0 Å². The van der Waals surface area contributed by atoms with Crippen molar-refractivity contribution in [2.45, 2.75) is 17.8 Å². The zero-order chi connectivity index (χ0) is 13.5. The SMILES string of the molecule is FC(F)(F)c1ccc([C@@H]2COCC3(COC3)N2)cc1. The van der Waals surface area contributed by atoms with Crippen molar-refractivity contribution in [2.24, 2.45) is 0 Å². The van der Waals surface area contributed by atoms with Crippen molar-refractivity contribution in [3.63, 3.8) is 0 Å². The number of benzene rings is 1. The standard InChI is InChI=1S/C13H14F3NO2/c14-13(15,16)10-3-1-9(2-4-10)11-5-18-6-12(17-11)7-19-8-12/h1-4,11,17H,5-8H2/t11-/m0/s1. The van der Waals surface area contributed by atoms with Crippen LogP contribution in [0.2, 0.25) is 0 Å². The Kier molecular flexibility index (Phi) is 3.03. The van der Waals surface area contributed by atoms with Gasteiger partial charge in [0.2, 0.25) is 0 Å². The third kappa shape index (κ3) is 2.48. The summed E-state index contributed by atoms with van der Waals surface area (Å²) in [6, 6.07) is 5.13. The number of rotatable bonds is 1. The minimum Gasteiger partial charge on any atom is -0.377 e. The first kappa shape index (κ1) is 12.9. The number of morpholine rings is 1. The van der Waals surface area contributed by atoms with Crippen molar-refractivity contribution in [3.8, 4) is 0 Å². The molecule has 19 heavy (non-hydrogen) atoms. The molecular formula is C13H14F3NO2. The van der Waals surface area contributed by atoms with Gasteiger partial charge in [-0.1, -0.05) is 12.1 Å². The summed E-state index contributed by atoms with van der Waals surface area (Å²) in [6.45, 7) is 2.23. The lowest BCUT2D eigenvalue weighted by atomic mass is 9.93. The number of alkyl halides is 3. The Labute approximate surface area is 108 Å². The normalized spacial score (nSPS) is 26.2. The van der Waals surface area contributed by atoms with E-state index in [4.69, 9.17) is 9.47 Å². The van der Waals surface area contributed by atoms with Gasteiger partial charge in [0.25, 0.3) is 0 Å². The van der Waals surface area contributed by atoms with E-state index in [1.807, 2.05) is 0 Å². The molecule has 0 radical (unpaired) electrons. The second-order valence-corrected chi connectivity index (χ2v) is 5.10. The maximum atomic E-state index is 12.5. The molecule has 2 aliphatic rings. The van der Waals surface area contributed by atoms with Crippen molar-refractivity contribution < 1.29 is 22.6 Å². The largest absolute Gasteiger partial charge is 0.416 e. The third-order valence-corrected chi connectivity index (χ3v) is 3.54. The van der Waals surface area contributed by atoms with Gasteiger partial charge in [0.15, 0.2) is 0 Å². The molecule has 6 heteroatoms. The smallest absolute Gasteiger partial charge is 0.377 e. The molecule has 0 bridgehead atoms. The van der Waals surface area contributed by atoms with Gasteiger partial charge in [-0.2, -0.15) is 13.2 Å². The fourth-order valence-corrected chi connectivity index (χ4v) is 2.42. The first-order valence-electron chi connectivity index (χ1n) is 6.09. The molecule has 1 aromatic carbocycles. The number of halogens is 3. The van der Waals surface area contributed by atoms with E-state index in [0.717, 1.165) is 17.7 Å². The summed E-state index contributed by atoms with van der Waals surface area (Å²) in [5.41, 5.74) is 0.0136. The molecule has 3 rings (SSSR count). The molecule has 2 saturated heterocycles. The number of hydrogen-bond donors (Lipinski definition) is 1. The molecule has 2 aliphatic heterocycles. The van der Waals surface area contributed by atoms with E-state index < -0.39 is 11.7 Å². The highest BCUT2D eigenvalue weighted by Gasteiger charge is 2.43. The second-order valence-electron chi connectivity index (χ2n) is 5.10. The molecule has 0 saturated carbocycles. The number of ether oxygens (including phenoxy) is 2. The Morgan fingerprint density at radius 1 is 1.05 bits per heavy atom. The highest BCUT2D eigenvalue weighted by Crippen LogP contribution is 2.32. The van der Waals surface area contributed by atoms with Crippen LogP contribution in [0.1, 0.15) is 17.2 Å². The molecule has 1 N–H and O–H groups in total. The quantitative estimate of drug-likeness (QED) is 0.850. The van der Waals surface area contributed by atoms with E-state index in [1.54, 1.807) is 0 Å². The first-order valence-corrected chi connectivity index (χ1v) is 6.09. The molecule has 1 spiro atoms. The summed E-state index contributed by atoms with van der Waals surface area (Å²) in [5.74, 6) is 0. The van der Waals surface area contributed by atoms with Crippen LogP contribution in [0, 0.1) is 0 Å². The Morgan fingerprint density at radius 3 is 2.21 bits per heavy atom. The first-order chi connectivity index (χ1) is 8.99. The van der Waals surface area contributed by atoms with E-state index in [0.29, 0.717) is 26.4 Å². The highest BCUT2D eigenvalue weighted by atomic mass is 19.4. The predicted octanol–water partition coefficient (Wildman–Crippen LogP) is 2.14. The van der Waals surface area contributed by atoms with Gasteiger partial charge in [0.1, 0.15) is 0 Å². The fraction of sp³-hybridized carbons (Fsp3) is 0.538. The van der Waals surface area contributed by atoms with Gasteiger partial charge >= 0.3 is 6.18 Å². The van der Waals surface area contributed by atoms with Crippen molar-refractivity contribution in [1.29, 1.82) is 0 Å². The van der Waals surface area contributed by atoms with E-state index in [2.05, 4.69) is 5.32 Å². The van der Waals surface area contributed by atoms with Crippen molar-refractivity contribution in [2.75, 3.05) is 26.4 Å². The summed E-state index contributed by atoms with van der Waals surface area (Å²) in [5, 5.41) is 3.41. The maximum absolute atomic E-state index is 12.5. The number of nitrogens with one attached hydrogen (secondary N) is 1. The van der Waals surface area contributed by atoms with Crippen molar-refractivity contribution in [1.82, 2.24) is 5.32 Å². The minimum absolute atomic E-state index is 0.0834. The summed E-state index contributed by atoms with van der Waals surface area (Å²) >= 11 is 0. The summed E-state index contributed by atoms with van der Waals surface area (Å²) in [6.07, 6.45) is -4.29.